The van der Waals surface area contributed by atoms with E-state index >= 15 is 0 Å². The molecule has 5 heterocycles. The minimum absolute atomic E-state index is 0.149. The smallest absolute Gasteiger partial charge is 0.475 e. The number of hydrogen-bond donors (Lipinski definition) is 3. The van der Waals surface area contributed by atoms with Gasteiger partial charge in [0.2, 0.25) is 11.8 Å². The number of imide groups is 1. The highest BCUT2D eigenvalue weighted by Crippen LogP contribution is 2.33. The van der Waals surface area contributed by atoms with Gasteiger partial charge in [-0.1, -0.05) is 6.07 Å². The van der Waals surface area contributed by atoms with Gasteiger partial charge in [-0.15, -0.1) is 0 Å². The molecule has 3 N–H and O–H groups in total. The Kier molecular flexibility index (Phi) is 9.02. The van der Waals surface area contributed by atoms with Crippen molar-refractivity contribution in [1.82, 2.24) is 24.7 Å². The number of nitrogens with zero attached hydrogens (tertiary/aromatic N) is 4. The maximum Gasteiger partial charge on any atom is 0.490 e. The van der Waals surface area contributed by atoms with E-state index in [0.717, 1.165) is 54.0 Å². The van der Waals surface area contributed by atoms with Crippen LogP contribution in [0.4, 0.5) is 13.2 Å². The topological polar surface area (TPSA) is 145 Å². The van der Waals surface area contributed by atoms with E-state index in [4.69, 9.17) is 14.9 Å². The molecular weight excluding hydrogens is 583 g/mol. The number of hydrogen-bond acceptors (Lipinski definition) is 7. The number of aliphatic hydroxyl groups excluding tert-OH is 1. The standard InChI is InChI=1S/C28H31N5O4.C2HF3O2/c34-13-3-11-32-12-8-22-26(32)20(16-31-9-1-2-10-31)15-23(29-22)18-4-5-21-19(14-18)17-33(28(21)37)24-6-7-25(35)30-27(24)36;3-2(4,5)1(6)7/h4-5,8,12,14-15,24,34H,1-3,6-7,9-11,13,16-17H2,(H,30,35,36);(H,6,7). The zero-order valence-corrected chi connectivity index (χ0v) is 23.8. The Balaban J connectivity index is 0.000000493. The van der Waals surface area contributed by atoms with E-state index in [9.17, 15) is 32.7 Å². The highest BCUT2D eigenvalue weighted by Gasteiger charge is 2.39. The van der Waals surface area contributed by atoms with Crippen molar-refractivity contribution in [3.8, 4) is 11.3 Å². The number of amides is 3. The monoisotopic (exact) mass is 615 g/mol. The molecule has 0 spiro atoms. The number of aliphatic carboxylic acids is 1. The first kappa shape index (κ1) is 31.1. The molecule has 0 bridgehead atoms. The van der Waals surface area contributed by atoms with Crippen LogP contribution in [0.3, 0.4) is 0 Å². The number of carbonyl (C=O) groups excluding carboxylic acids is 3. The number of likely N-dealkylation sites (tertiary alicyclic amines) is 1. The number of nitrogens with one attached hydrogen (secondary N) is 1. The van der Waals surface area contributed by atoms with Gasteiger partial charge in [0.1, 0.15) is 6.04 Å². The number of carboxylic acids is 1. The minimum atomic E-state index is -5.08. The number of pyridine rings is 1. The summed E-state index contributed by atoms with van der Waals surface area (Å²) in [6.45, 7) is 4.26. The number of piperidine rings is 1. The van der Waals surface area contributed by atoms with Crippen LogP contribution < -0.4 is 5.32 Å². The van der Waals surface area contributed by atoms with E-state index in [0.29, 0.717) is 24.9 Å². The van der Waals surface area contributed by atoms with Gasteiger partial charge in [0.15, 0.2) is 0 Å². The molecule has 3 aromatic rings. The molecule has 44 heavy (non-hydrogen) atoms. The summed E-state index contributed by atoms with van der Waals surface area (Å²) in [7, 11) is 0. The van der Waals surface area contributed by atoms with Crippen molar-refractivity contribution >= 4 is 34.7 Å². The number of fused-ring (bicyclic) bond motifs is 2. The number of alkyl halides is 3. The lowest BCUT2D eigenvalue weighted by Crippen LogP contribution is -2.52. The molecule has 1 atom stereocenters. The van der Waals surface area contributed by atoms with Crippen LogP contribution in [0.2, 0.25) is 0 Å². The van der Waals surface area contributed by atoms with Gasteiger partial charge in [-0.25, -0.2) is 9.78 Å². The molecule has 2 saturated heterocycles. The predicted octanol–water partition coefficient (Wildman–Crippen LogP) is 3.08. The molecule has 3 aliphatic heterocycles. The lowest BCUT2D eigenvalue weighted by Gasteiger charge is -2.29. The van der Waals surface area contributed by atoms with Gasteiger partial charge in [0.05, 0.1) is 16.7 Å². The molecule has 3 aliphatic rings. The van der Waals surface area contributed by atoms with Crippen molar-refractivity contribution in [2.75, 3.05) is 19.7 Å². The van der Waals surface area contributed by atoms with Crippen LogP contribution >= 0.6 is 0 Å². The zero-order chi connectivity index (χ0) is 31.6. The molecule has 234 valence electrons. The highest BCUT2D eigenvalue weighted by molar-refractivity contribution is 6.05. The summed E-state index contributed by atoms with van der Waals surface area (Å²) in [5.41, 5.74) is 6.51. The van der Waals surface area contributed by atoms with E-state index in [2.05, 4.69) is 20.9 Å². The van der Waals surface area contributed by atoms with E-state index in [-0.39, 0.29) is 24.8 Å². The fourth-order valence-electron chi connectivity index (χ4n) is 5.91. The van der Waals surface area contributed by atoms with Crippen molar-refractivity contribution in [3.05, 3.63) is 53.2 Å². The van der Waals surface area contributed by atoms with Crippen LogP contribution in [0, 0.1) is 0 Å². The quantitative estimate of drug-likeness (QED) is 0.344. The second-order valence-electron chi connectivity index (χ2n) is 11.0. The predicted molar refractivity (Wildman–Crippen MR) is 151 cm³/mol. The first-order chi connectivity index (χ1) is 21.0. The van der Waals surface area contributed by atoms with Gasteiger partial charge in [0.25, 0.3) is 5.91 Å². The molecule has 2 aromatic heterocycles. The maximum atomic E-state index is 13.1. The van der Waals surface area contributed by atoms with Crippen LogP contribution in [-0.2, 0) is 34.0 Å². The van der Waals surface area contributed by atoms with Crippen LogP contribution in [-0.4, -0.2) is 85.2 Å². The SMILES string of the molecule is O=C(O)C(F)(F)F.O=C1CCC(N2Cc3cc(-c4cc(CN5CCCC5)c5c(ccn5CCCO)n4)ccc3C2=O)C(=O)N1. The first-order valence-corrected chi connectivity index (χ1v) is 14.4. The summed E-state index contributed by atoms with van der Waals surface area (Å²) in [6.07, 6.45) is 0.678. The lowest BCUT2D eigenvalue weighted by molar-refractivity contribution is -0.192. The number of rotatable bonds is 7. The second kappa shape index (κ2) is 12.7. The summed E-state index contributed by atoms with van der Waals surface area (Å²) >= 11 is 0. The maximum absolute atomic E-state index is 13.1. The molecule has 6 rings (SSSR count). The molecular formula is C30H32F3N5O6. The molecule has 1 unspecified atom stereocenters. The van der Waals surface area contributed by atoms with Gasteiger partial charge < -0.3 is 19.7 Å². The Morgan fingerprint density at radius 1 is 1.09 bits per heavy atom. The lowest BCUT2D eigenvalue weighted by atomic mass is 10.0. The van der Waals surface area contributed by atoms with Crippen LogP contribution in [0.5, 0.6) is 0 Å². The van der Waals surface area contributed by atoms with Gasteiger partial charge in [0, 0.05) is 50.0 Å². The molecule has 0 aliphatic carbocycles. The van der Waals surface area contributed by atoms with Gasteiger partial charge in [-0.05, 0) is 74.2 Å². The summed E-state index contributed by atoms with van der Waals surface area (Å²) in [6, 6.07) is 9.34. The summed E-state index contributed by atoms with van der Waals surface area (Å²) in [5.74, 6) is -3.62. The largest absolute Gasteiger partial charge is 0.490 e. The van der Waals surface area contributed by atoms with Gasteiger partial charge >= 0.3 is 12.1 Å². The Morgan fingerprint density at radius 3 is 2.48 bits per heavy atom. The third-order valence-corrected chi connectivity index (χ3v) is 8.01. The number of carboxylic acid groups (broad SMARTS) is 1. The Bertz CT molecular complexity index is 1600. The molecule has 14 heteroatoms. The summed E-state index contributed by atoms with van der Waals surface area (Å²) in [5, 5.41) is 18.8. The number of carbonyl (C=O) groups is 4. The molecule has 3 amide bonds. The number of aromatic nitrogens is 2. The van der Waals surface area contributed by atoms with Crippen LogP contribution in [0.15, 0.2) is 36.5 Å². The molecule has 2 fully saturated rings. The Hall–Kier alpha value is -4.30. The van der Waals surface area contributed by atoms with Crippen LogP contribution in [0.25, 0.3) is 22.3 Å². The van der Waals surface area contributed by atoms with Crippen molar-refractivity contribution in [2.45, 2.75) is 64.0 Å². The van der Waals surface area contributed by atoms with Crippen molar-refractivity contribution < 1.29 is 42.6 Å². The molecule has 11 nitrogen and oxygen atoms in total. The van der Waals surface area contributed by atoms with Crippen molar-refractivity contribution in [1.29, 1.82) is 0 Å². The van der Waals surface area contributed by atoms with E-state index in [1.54, 1.807) is 4.90 Å². The normalized spacial score (nSPS) is 18.8. The fraction of sp³-hybridized carbons (Fsp3) is 0.433. The molecule has 1 aromatic carbocycles. The summed E-state index contributed by atoms with van der Waals surface area (Å²) in [4.78, 5) is 55.0. The average molecular weight is 616 g/mol. The van der Waals surface area contributed by atoms with Crippen LogP contribution in [0.1, 0.15) is 53.6 Å². The minimum Gasteiger partial charge on any atom is -0.475 e. The Morgan fingerprint density at radius 2 is 1.82 bits per heavy atom. The second-order valence-corrected chi connectivity index (χ2v) is 11.0. The number of aryl methyl sites for hydroxylation is 1. The third kappa shape index (κ3) is 6.60. The Labute approximate surface area is 250 Å². The number of benzene rings is 1. The fourth-order valence-corrected chi connectivity index (χ4v) is 5.91. The highest BCUT2D eigenvalue weighted by atomic mass is 19.4. The van der Waals surface area contributed by atoms with Crippen molar-refractivity contribution in [3.63, 3.8) is 0 Å². The molecule has 0 radical (unpaired) electrons. The van der Waals surface area contributed by atoms with Crippen molar-refractivity contribution in [2.24, 2.45) is 0 Å². The number of halogens is 3. The number of aliphatic hydroxyl groups is 1. The van der Waals surface area contributed by atoms with E-state index in [1.807, 2.05) is 30.5 Å². The first-order valence-electron chi connectivity index (χ1n) is 14.4. The van der Waals surface area contributed by atoms with E-state index in [1.165, 1.54) is 18.4 Å². The zero-order valence-electron chi connectivity index (χ0n) is 23.8. The third-order valence-electron chi connectivity index (χ3n) is 8.01. The van der Waals surface area contributed by atoms with Gasteiger partial charge in [-0.3, -0.25) is 24.6 Å². The average Bonchev–Trinajstić information content (AvgIpc) is 3.71. The van der Waals surface area contributed by atoms with E-state index < -0.39 is 24.1 Å². The summed E-state index contributed by atoms with van der Waals surface area (Å²) < 4.78 is 33.9. The van der Waals surface area contributed by atoms with Gasteiger partial charge in [-0.2, -0.15) is 13.2 Å². The molecule has 0 saturated carbocycles.